The zero-order chi connectivity index (χ0) is 23.3. The van der Waals surface area contributed by atoms with Crippen molar-refractivity contribution in [1.82, 2.24) is 0 Å². The van der Waals surface area contributed by atoms with Crippen molar-refractivity contribution in [2.24, 2.45) is 0 Å². The lowest BCUT2D eigenvalue weighted by Gasteiger charge is -2.18. The van der Waals surface area contributed by atoms with E-state index in [1.54, 1.807) is 30.3 Å². The fourth-order valence-corrected chi connectivity index (χ4v) is 6.08. The van der Waals surface area contributed by atoms with Crippen LogP contribution in [0.3, 0.4) is 0 Å². The molecule has 0 N–H and O–H groups in total. The van der Waals surface area contributed by atoms with Gasteiger partial charge in [0.25, 0.3) is 10.0 Å². The third-order valence-electron chi connectivity index (χ3n) is 5.72. The molecule has 1 aliphatic heterocycles. The summed E-state index contributed by atoms with van der Waals surface area (Å²) in [5.74, 6) is -0.749. The van der Waals surface area contributed by atoms with Crippen molar-refractivity contribution in [3.05, 3.63) is 81.2 Å². The molecule has 0 fully saturated rings. The molecule has 0 aliphatic carbocycles. The monoisotopic (exact) mass is 483 g/mol. The zero-order valence-electron chi connectivity index (χ0n) is 17.5. The Kier molecular flexibility index (Phi) is 5.14. The van der Waals surface area contributed by atoms with Crippen LogP contribution in [0.25, 0.3) is 21.7 Å². The molecule has 0 bridgehead atoms. The SMILES string of the molecule is CCc1cc2oc(=O)cc(COC(=O)CN3c4cccc5cccc(c45)S3(=O)=O)c2cc1Cl. The number of carbonyl (C=O) groups is 1. The lowest BCUT2D eigenvalue weighted by Crippen LogP contribution is -2.33. The smallest absolute Gasteiger partial charge is 0.336 e. The minimum atomic E-state index is -3.88. The van der Waals surface area contributed by atoms with Gasteiger partial charge in [-0.15, -0.1) is 0 Å². The van der Waals surface area contributed by atoms with Crippen LogP contribution >= 0.6 is 11.6 Å². The number of ether oxygens (including phenoxy) is 1. The van der Waals surface area contributed by atoms with E-state index in [0.29, 0.717) is 39.0 Å². The van der Waals surface area contributed by atoms with Crippen molar-refractivity contribution in [3.8, 4) is 0 Å². The Hall–Kier alpha value is -3.36. The number of hydrogen-bond donors (Lipinski definition) is 0. The first kappa shape index (κ1) is 21.5. The van der Waals surface area contributed by atoms with Crippen LogP contribution < -0.4 is 9.93 Å². The first-order valence-corrected chi connectivity index (χ1v) is 12.1. The maximum atomic E-state index is 13.0. The minimum Gasteiger partial charge on any atom is -0.459 e. The van der Waals surface area contributed by atoms with Gasteiger partial charge in [-0.1, -0.05) is 42.8 Å². The number of anilines is 1. The summed E-state index contributed by atoms with van der Waals surface area (Å²) in [7, 11) is -3.88. The van der Waals surface area contributed by atoms with E-state index in [-0.39, 0.29) is 11.5 Å². The van der Waals surface area contributed by atoms with E-state index in [9.17, 15) is 18.0 Å². The van der Waals surface area contributed by atoms with E-state index >= 15 is 0 Å². The summed E-state index contributed by atoms with van der Waals surface area (Å²) in [5.41, 5.74) is 1.45. The highest BCUT2D eigenvalue weighted by Crippen LogP contribution is 2.41. The second-order valence-electron chi connectivity index (χ2n) is 7.69. The Morgan fingerprint density at radius 3 is 2.61 bits per heavy atom. The number of hydrogen-bond acceptors (Lipinski definition) is 6. The number of aryl methyl sites for hydroxylation is 1. The summed E-state index contributed by atoms with van der Waals surface area (Å²) in [4.78, 5) is 24.8. The quantitative estimate of drug-likeness (QED) is 0.308. The van der Waals surface area contributed by atoms with Crippen molar-refractivity contribution in [1.29, 1.82) is 0 Å². The maximum absolute atomic E-state index is 13.0. The number of sulfonamides is 1. The molecule has 5 rings (SSSR count). The van der Waals surface area contributed by atoms with Crippen molar-refractivity contribution >= 4 is 55.0 Å². The molecule has 1 aliphatic rings. The lowest BCUT2D eigenvalue weighted by atomic mass is 10.1. The normalized spacial score (nSPS) is 14.2. The standard InChI is InChI=1S/C24H18ClNO6S/c1-2-14-9-20-17(11-18(14)25)16(10-22(27)32-20)13-31-23(28)12-26-19-7-3-5-15-6-4-8-21(24(15)19)33(26,29)30/h3-11H,2,12-13H2,1H3. The molecule has 1 aromatic heterocycles. The average molecular weight is 484 g/mol. The summed E-state index contributed by atoms with van der Waals surface area (Å²) in [6, 6.07) is 14.8. The maximum Gasteiger partial charge on any atom is 0.336 e. The highest BCUT2D eigenvalue weighted by atomic mass is 35.5. The first-order valence-electron chi connectivity index (χ1n) is 10.2. The molecule has 0 saturated heterocycles. The largest absolute Gasteiger partial charge is 0.459 e. The van der Waals surface area contributed by atoms with E-state index in [0.717, 1.165) is 15.3 Å². The van der Waals surface area contributed by atoms with Gasteiger partial charge in [-0.25, -0.2) is 13.2 Å². The number of benzene rings is 3. The van der Waals surface area contributed by atoms with Crippen LogP contribution in [-0.2, 0) is 32.6 Å². The number of rotatable bonds is 5. The zero-order valence-corrected chi connectivity index (χ0v) is 19.1. The van der Waals surface area contributed by atoms with Crippen molar-refractivity contribution in [3.63, 3.8) is 0 Å². The molecule has 0 spiro atoms. The van der Waals surface area contributed by atoms with Crippen LogP contribution in [0.1, 0.15) is 18.1 Å². The fraction of sp³-hybridized carbons (Fsp3) is 0.167. The molecule has 9 heteroatoms. The van der Waals surface area contributed by atoms with Gasteiger partial charge in [0.2, 0.25) is 0 Å². The molecule has 0 atom stereocenters. The van der Waals surface area contributed by atoms with Crippen LogP contribution in [-0.4, -0.2) is 20.9 Å². The molecular weight excluding hydrogens is 466 g/mol. The predicted octanol–water partition coefficient (Wildman–Crippen LogP) is 4.41. The van der Waals surface area contributed by atoms with Gasteiger partial charge in [-0.3, -0.25) is 9.10 Å². The molecule has 3 aromatic carbocycles. The fourth-order valence-electron chi connectivity index (χ4n) is 4.13. The van der Waals surface area contributed by atoms with Gasteiger partial charge in [0, 0.05) is 27.4 Å². The van der Waals surface area contributed by atoms with Crippen LogP contribution in [0.2, 0.25) is 5.02 Å². The number of fused-ring (bicyclic) bond motifs is 1. The minimum absolute atomic E-state index is 0.163. The first-order chi connectivity index (χ1) is 15.8. The lowest BCUT2D eigenvalue weighted by molar-refractivity contribution is -0.143. The highest BCUT2D eigenvalue weighted by molar-refractivity contribution is 7.93. The van der Waals surface area contributed by atoms with E-state index in [2.05, 4.69) is 0 Å². The van der Waals surface area contributed by atoms with Crippen molar-refractivity contribution in [2.45, 2.75) is 24.8 Å². The van der Waals surface area contributed by atoms with E-state index in [4.69, 9.17) is 20.8 Å². The van der Waals surface area contributed by atoms with Crippen molar-refractivity contribution in [2.75, 3.05) is 10.8 Å². The number of nitrogens with zero attached hydrogens (tertiary/aromatic N) is 1. The molecular formula is C24H18ClNO6S. The summed E-state index contributed by atoms with van der Waals surface area (Å²) in [5, 5.41) is 2.42. The van der Waals surface area contributed by atoms with Gasteiger partial charge in [0.15, 0.2) is 0 Å². The second kappa shape index (κ2) is 7.90. The van der Waals surface area contributed by atoms with E-state index in [1.165, 1.54) is 12.1 Å². The van der Waals surface area contributed by atoms with E-state index < -0.39 is 28.2 Å². The summed E-state index contributed by atoms with van der Waals surface area (Å²) < 4.78 is 37.8. The number of carbonyl (C=O) groups excluding carboxylic acids is 1. The number of halogens is 1. The number of esters is 1. The van der Waals surface area contributed by atoms with Gasteiger partial charge in [-0.2, -0.15) is 0 Å². The van der Waals surface area contributed by atoms with Gasteiger partial charge in [0.05, 0.1) is 10.6 Å². The third-order valence-corrected chi connectivity index (χ3v) is 7.87. The van der Waals surface area contributed by atoms with Gasteiger partial charge >= 0.3 is 11.6 Å². The van der Waals surface area contributed by atoms with Crippen LogP contribution in [0, 0.1) is 0 Å². The Morgan fingerprint density at radius 2 is 1.85 bits per heavy atom. The Bertz CT molecular complexity index is 1600. The molecule has 0 saturated carbocycles. The molecule has 0 unspecified atom stereocenters. The van der Waals surface area contributed by atoms with Crippen LogP contribution in [0.15, 0.2) is 68.7 Å². The van der Waals surface area contributed by atoms with Gasteiger partial charge < -0.3 is 9.15 Å². The van der Waals surface area contributed by atoms with Gasteiger partial charge in [-0.05, 0) is 41.6 Å². The Morgan fingerprint density at radius 1 is 1.09 bits per heavy atom. The van der Waals surface area contributed by atoms with Crippen LogP contribution in [0.5, 0.6) is 0 Å². The average Bonchev–Trinajstić information content (AvgIpc) is 3.00. The molecule has 0 radical (unpaired) electrons. The predicted molar refractivity (Wildman–Crippen MR) is 125 cm³/mol. The van der Waals surface area contributed by atoms with Crippen molar-refractivity contribution < 1.29 is 22.4 Å². The summed E-state index contributed by atoms with van der Waals surface area (Å²) in [6.07, 6.45) is 0.664. The third kappa shape index (κ3) is 3.55. The molecule has 4 aromatic rings. The molecule has 0 amide bonds. The Labute approximate surface area is 194 Å². The second-order valence-corrected chi connectivity index (χ2v) is 9.93. The topological polar surface area (TPSA) is 93.9 Å². The summed E-state index contributed by atoms with van der Waals surface area (Å²) >= 11 is 6.30. The Balaban J connectivity index is 1.41. The molecule has 7 nitrogen and oxygen atoms in total. The highest BCUT2D eigenvalue weighted by Gasteiger charge is 2.37. The molecule has 2 heterocycles. The summed E-state index contributed by atoms with van der Waals surface area (Å²) in [6.45, 7) is 1.21. The molecule has 168 valence electrons. The molecule has 33 heavy (non-hydrogen) atoms. The van der Waals surface area contributed by atoms with Gasteiger partial charge in [0.1, 0.15) is 18.7 Å². The van der Waals surface area contributed by atoms with E-state index in [1.807, 2.05) is 19.1 Å². The van der Waals surface area contributed by atoms with Crippen LogP contribution in [0.4, 0.5) is 5.69 Å².